The van der Waals surface area contributed by atoms with Crippen molar-refractivity contribution in [2.45, 2.75) is 51.7 Å². The molecule has 2 rings (SSSR count). The van der Waals surface area contributed by atoms with Gasteiger partial charge in [0.05, 0.1) is 5.60 Å². The number of hydrogen-bond donors (Lipinski definition) is 0. The predicted octanol–water partition coefficient (Wildman–Crippen LogP) is 4.05. The Balaban J connectivity index is 2.12. The summed E-state index contributed by atoms with van der Waals surface area (Å²) in [4.78, 5) is 0. The summed E-state index contributed by atoms with van der Waals surface area (Å²) in [5.41, 5.74) is 2.80. The first-order valence-electron chi connectivity index (χ1n) is 5.82. The first-order chi connectivity index (χ1) is 7.04. The summed E-state index contributed by atoms with van der Waals surface area (Å²) >= 11 is 0. The van der Waals surface area contributed by atoms with Crippen molar-refractivity contribution in [3.8, 4) is 0 Å². The fourth-order valence-electron chi connectivity index (χ4n) is 1.97. The molecule has 1 heteroatoms. The maximum atomic E-state index is 5.62. The monoisotopic (exact) mass is 204 g/mol. The van der Waals surface area contributed by atoms with Crippen molar-refractivity contribution < 1.29 is 4.74 Å². The minimum Gasteiger partial charge on any atom is -0.362 e. The molecule has 1 aliphatic rings. The van der Waals surface area contributed by atoms with Crippen LogP contribution in [0.25, 0.3) is 0 Å². The van der Waals surface area contributed by atoms with Gasteiger partial charge in [0.2, 0.25) is 0 Å². The molecule has 0 aliphatic carbocycles. The zero-order chi connectivity index (χ0) is 11.1. The number of hydrogen-bond acceptors (Lipinski definition) is 1. The van der Waals surface area contributed by atoms with Gasteiger partial charge in [-0.15, -0.1) is 0 Å². The van der Waals surface area contributed by atoms with Crippen LogP contribution < -0.4 is 0 Å². The van der Waals surface area contributed by atoms with Crippen LogP contribution >= 0.6 is 0 Å². The summed E-state index contributed by atoms with van der Waals surface area (Å²) in [6.07, 6.45) is 1.51. The lowest BCUT2D eigenvalue weighted by molar-refractivity contribution is 0.325. The largest absolute Gasteiger partial charge is 0.362 e. The Hall–Kier alpha value is -0.820. The molecule has 1 heterocycles. The molecule has 1 nitrogen and oxygen atoms in total. The maximum Gasteiger partial charge on any atom is 0.112 e. The van der Waals surface area contributed by atoms with Gasteiger partial charge in [0.15, 0.2) is 0 Å². The second-order valence-electron chi connectivity index (χ2n) is 5.08. The number of ether oxygens (including phenoxy) is 1. The minimum absolute atomic E-state index is 0.0535. The molecule has 0 bridgehead atoms. The van der Waals surface area contributed by atoms with Crippen LogP contribution in [0.3, 0.4) is 0 Å². The van der Waals surface area contributed by atoms with E-state index in [2.05, 4.69) is 52.0 Å². The van der Waals surface area contributed by atoms with Crippen LogP contribution in [0.4, 0.5) is 0 Å². The van der Waals surface area contributed by atoms with Crippen molar-refractivity contribution in [1.82, 2.24) is 0 Å². The average Bonchev–Trinajstić information content (AvgIpc) is 2.87. The van der Waals surface area contributed by atoms with Crippen molar-refractivity contribution >= 4 is 0 Å². The number of benzene rings is 1. The second-order valence-corrected chi connectivity index (χ2v) is 5.08. The topological polar surface area (TPSA) is 12.5 Å². The van der Waals surface area contributed by atoms with Crippen molar-refractivity contribution in [2.75, 3.05) is 0 Å². The molecule has 0 amide bonds. The highest BCUT2D eigenvalue weighted by atomic mass is 16.6. The third-order valence-corrected chi connectivity index (χ3v) is 3.42. The zero-order valence-corrected chi connectivity index (χ0v) is 10.1. The molecule has 0 saturated carbocycles. The van der Waals surface area contributed by atoms with Crippen molar-refractivity contribution in [3.05, 3.63) is 35.4 Å². The van der Waals surface area contributed by atoms with Crippen LogP contribution in [0.1, 0.15) is 57.3 Å². The summed E-state index contributed by atoms with van der Waals surface area (Å²) in [5, 5.41) is 0. The molecule has 0 radical (unpaired) electrons. The van der Waals surface area contributed by atoms with Gasteiger partial charge in [-0.2, -0.15) is 0 Å². The van der Waals surface area contributed by atoms with E-state index in [-0.39, 0.29) is 5.60 Å². The fraction of sp³-hybridized carbons (Fsp3) is 0.571. The van der Waals surface area contributed by atoms with Crippen molar-refractivity contribution in [1.29, 1.82) is 0 Å². The quantitative estimate of drug-likeness (QED) is 0.677. The summed E-state index contributed by atoms with van der Waals surface area (Å²) < 4.78 is 5.62. The molecule has 1 aliphatic heterocycles. The molecule has 1 saturated heterocycles. The third kappa shape index (κ3) is 2.07. The molecular weight excluding hydrogens is 184 g/mol. The minimum atomic E-state index is 0.0535. The van der Waals surface area contributed by atoms with Gasteiger partial charge in [0.25, 0.3) is 0 Å². The highest BCUT2D eigenvalue weighted by Gasteiger charge is 2.48. The third-order valence-electron chi connectivity index (χ3n) is 3.42. The van der Waals surface area contributed by atoms with Crippen LogP contribution in [0.5, 0.6) is 0 Å². The van der Waals surface area contributed by atoms with E-state index in [1.54, 1.807) is 0 Å². The van der Waals surface area contributed by atoms with Gasteiger partial charge in [0, 0.05) is 0 Å². The number of rotatable bonds is 3. The maximum absolute atomic E-state index is 5.62. The van der Waals surface area contributed by atoms with E-state index in [0.29, 0.717) is 12.0 Å². The molecule has 0 aromatic heterocycles. The Morgan fingerprint density at radius 2 is 1.80 bits per heavy atom. The molecule has 1 aromatic carbocycles. The normalized spacial score (nSPS) is 24.9. The summed E-state index contributed by atoms with van der Waals surface area (Å²) in [6, 6.07) is 8.89. The molecular formula is C14H20O. The summed E-state index contributed by atoms with van der Waals surface area (Å²) in [7, 11) is 0. The first kappa shape index (κ1) is 10.7. The Morgan fingerprint density at radius 1 is 1.27 bits per heavy atom. The van der Waals surface area contributed by atoms with Crippen LogP contribution in [0.2, 0.25) is 0 Å². The van der Waals surface area contributed by atoms with Crippen molar-refractivity contribution in [2.24, 2.45) is 0 Å². The van der Waals surface area contributed by atoms with Gasteiger partial charge in [0.1, 0.15) is 6.10 Å². The van der Waals surface area contributed by atoms with Crippen LogP contribution in [-0.4, -0.2) is 5.60 Å². The summed E-state index contributed by atoms with van der Waals surface area (Å²) in [5.74, 6) is 0.659. The van der Waals surface area contributed by atoms with Crippen LogP contribution in [0.15, 0.2) is 24.3 Å². The standard InChI is InChI=1S/C14H20O/c1-5-10(2)11-6-8-12(9-7-11)13-14(3,4)15-13/h6-10,13H,5H2,1-4H3. The lowest BCUT2D eigenvalue weighted by atomic mass is 9.95. The van der Waals surface area contributed by atoms with Gasteiger partial charge >= 0.3 is 0 Å². The molecule has 82 valence electrons. The highest BCUT2D eigenvalue weighted by molar-refractivity contribution is 5.30. The molecule has 2 unspecified atom stereocenters. The van der Waals surface area contributed by atoms with Crippen LogP contribution in [0, 0.1) is 0 Å². The van der Waals surface area contributed by atoms with E-state index in [4.69, 9.17) is 4.74 Å². The van der Waals surface area contributed by atoms with Gasteiger partial charge in [-0.25, -0.2) is 0 Å². The Labute approximate surface area is 92.5 Å². The molecule has 0 spiro atoms. The molecule has 15 heavy (non-hydrogen) atoms. The number of epoxide rings is 1. The van der Waals surface area contributed by atoms with Crippen molar-refractivity contribution in [3.63, 3.8) is 0 Å². The van der Waals surface area contributed by atoms with Crippen LogP contribution in [-0.2, 0) is 4.74 Å². The Morgan fingerprint density at radius 3 is 2.20 bits per heavy atom. The van der Waals surface area contributed by atoms with Gasteiger partial charge < -0.3 is 4.74 Å². The van der Waals surface area contributed by atoms with E-state index in [1.807, 2.05) is 0 Å². The lowest BCUT2D eigenvalue weighted by Crippen LogP contribution is -1.98. The smallest absolute Gasteiger partial charge is 0.112 e. The van der Waals surface area contributed by atoms with E-state index in [9.17, 15) is 0 Å². The van der Waals surface area contributed by atoms with E-state index < -0.39 is 0 Å². The highest BCUT2D eigenvalue weighted by Crippen LogP contribution is 2.48. The van der Waals surface area contributed by atoms with E-state index in [1.165, 1.54) is 17.5 Å². The van der Waals surface area contributed by atoms with E-state index in [0.717, 1.165) is 0 Å². The fourth-order valence-corrected chi connectivity index (χ4v) is 1.97. The molecule has 1 aromatic rings. The first-order valence-corrected chi connectivity index (χ1v) is 5.82. The SMILES string of the molecule is CCC(C)c1ccc(C2OC2(C)C)cc1. The van der Waals surface area contributed by atoms with Gasteiger partial charge in [-0.05, 0) is 37.3 Å². The summed E-state index contributed by atoms with van der Waals surface area (Å²) in [6.45, 7) is 8.78. The zero-order valence-electron chi connectivity index (χ0n) is 10.1. The van der Waals surface area contributed by atoms with Gasteiger partial charge in [-0.3, -0.25) is 0 Å². The molecule has 2 atom stereocenters. The second kappa shape index (κ2) is 3.64. The Kier molecular flexibility index (Phi) is 2.59. The molecule has 0 N–H and O–H groups in total. The average molecular weight is 204 g/mol. The van der Waals surface area contributed by atoms with E-state index >= 15 is 0 Å². The predicted molar refractivity (Wildman–Crippen MR) is 63.1 cm³/mol. The van der Waals surface area contributed by atoms with Gasteiger partial charge in [-0.1, -0.05) is 38.1 Å². The Bertz CT molecular complexity index is 337. The molecule has 1 fully saturated rings. The lowest BCUT2D eigenvalue weighted by Gasteiger charge is -2.09.